The van der Waals surface area contributed by atoms with E-state index >= 15 is 0 Å². The van der Waals surface area contributed by atoms with Gasteiger partial charge < -0.3 is 14.4 Å². The quantitative estimate of drug-likeness (QED) is 0.848. The molecule has 4 heteroatoms. The van der Waals surface area contributed by atoms with E-state index in [1.54, 1.807) is 6.20 Å². The molecule has 0 bridgehead atoms. The molecule has 96 valence electrons. The number of aliphatic hydroxyl groups is 1. The van der Waals surface area contributed by atoms with Crippen LogP contribution < -0.4 is 0 Å². The lowest BCUT2D eigenvalue weighted by atomic mass is 9.97. The molecule has 0 spiro atoms. The van der Waals surface area contributed by atoms with Crippen LogP contribution in [-0.4, -0.2) is 33.5 Å². The maximum atomic E-state index is 10.2. The van der Waals surface area contributed by atoms with Crippen LogP contribution in [0.2, 0.25) is 0 Å². The van der Waals surface area contributed by atoms with Crippen LogP contribution in [0.15, 0.2) is 12.4 Å². The molecule has 1 N–H and O–H groups in total. The molecule has 2 rings (SSSR count). The van der Waals surface area contributed by atoms with Crippen molar-refractivity contribution in [3.63, 3.8) is 0 Å². The Morgan fingerprint density at radius 1 is 1.65 bits per heavy atom. The van der Waals surface area contributed by atoms with Crippen LogP contribution in [-0.2, 0) is 17.7 Å². The van der Waals surface area contributed by atoms with E-state index in [0.717, 1.165) is 31.8 Å². The van der Waals surface area contributed by atoms with E-state index < -0.39 is 6.10 Å². The first kappa shape index (κ1) is 12.6. The van der Waals surface area contributed by atoms with E-state index in [1.807, 2.05) is 6.20 Å². The molecule has 1 aliphatic heterocycles. The highest BCUT2D eigenvalue weighted by molar-refractivity contribution is 4.96. The van der Waals surface area contributed by atoms with Crippen LogP contribution in [0.25, 0.3) is 0 Å². The van der Waals surface area contributed by atoms with Gasteiger partial charge in [0.1, 0.15) is 5.82 Å². The van der Waals surface area contributed by atoms with Crippen molar-refractivity contribution in [2.24, 2.45) is 5.92 Å². The minimum absolute atomic E-state index is 0.0261. The van der Waals surface area contributed by atoms with Gasteiger partial charge in [0.2, 0.25) is 0 Å². The number of aryl methyl sites for hydroxylation is 1. The smallest absolute Gasteiger partial charge is 0.111 e. The summed E-state index contributed by atoms with van der Waals surface area (Å²) >= 11 is 0. The van der Waals surface area contributed by atoms with Crippen LogP contribution in [0.4, 0.5) is 0 Å². The molecule has 1 saturated heterocycles. The average molecular weight is 238 g/mol. The molecule has 0 radical (unpaired) electrons. The summed E-state index contributed by atoms with van der Waals surface area (Å²) in [6, 6.07) is 0. The highest BCUT2D eigenvalue weighted by Gasteiger charge is 2.31. The number of ether oxygens (including phenoxy) is 1. The summed E-state index contributed by atoms with van der Waals surface area (Å²) in [6.07, 6.45) is 6.02. The lowest BCUT2D eigenvalue weighted by Crippen LogP contribution is -2.32. The Labute approximate surface area is 103 Å². The molecule has 2 heterocycles. The molecular formula is C13H22N2O2. The third kappa shape index (κ3) is 2.87. The molecule has 1 fully saturated rings. The fourth-order valence-corrected chi connectivity index (χ4v) is 2.49. The summed E-state index contributed by atoms with van der Waals surface area (Å²) in [4.78, 5) is 4.32. The van der Waals surface area contributed by atoms with Gasteiger partial charge in [-0.1, -0.05) is 13.8 Å². The van der Waals surface area contributed by atoms with Crippen molar-refractivity contribution in [2.45, 2.75) is 51.9 Å². The summed E-state index contributed by atoms with van der Waals surface area (Å²) in [5, 5.41) is 10.2. The Bertz CT molecular complexity index is 351. The number of aliphatic hydroxyl groups excluding tert-OH is 1. The first-order valence-corrected chi connectivity index (χ1v) is 6.52. The second kappa shape index (κ2) is 5.65. The average Bonchev–Trinajstić information content (AvgIpc) is 2.89. The number of hydrogen-bond acceptors (Lipinski definition) is 3. The molecule has 17 heavy (non-hydrogen) atoms. The summed E-state index contributed by atoms with van der Waals surface area (Å²) in [6.45, 7) is 6.01. The van der Waals surface area contributed by atoms with Crippen LogP contribution in [0.1, 0.15) is 32.5 Å². The number of imidazole rings is 1. The Hall–Kier alpha value is -0.870. The third-order valence-electron chi connectivity index (χ3n) is 3.48. The predicted molar refractivity (Wildman–Crippen MR) is 65.7 cm³/mol. The van der Waals surface area contributed by atoms with Gasteiger partial charge in [0, 0.05) is 32.0 Å². The molecule has 1 aliphatic rings. The first-order valence-electron chi connectivity index (χ1n) is 6.52. The molecule has 0 saturated carbocycles. The second-order valence-corrected chi connectivity index (χ2v) is 4.91. The molecular weight excluding hydrogens is 216 g/mol. The van der Waals surface area contributed by atoms with Crippen molar-refractivity contribution in [3.8, 4) is 0 Å². The first-order chi connectivity index (χ1) is 8.22. The summed E-state index contributed by atoms with van der Waals surface area (Å²) < 4.78 is 7.70. The molecule has 3 unspecified atom stereocenters. The second-order valence-electron chi connectivity index (χ2n) is 4.91. The zero-order valence-electron chi connectivity index (χ0n) is 10.7. The molecule has 0 aromatic carbocycles. The molecule has 1 aromatic heterocycles. The van der Waals surface area contributed by atoms with Crippen LogP contribution in [0.3, 0.4) is 0 Å². The standard InChI is InChI=1S/C13H22N2O2/c1-3-6-15-7-5-14-12(15)9-11(16)13-10(2)4-8-17-13/h5,7,10-11,13,16H,3-4,6,8-9H2,1-2H3. The van der Waals surface area contributed by atoms with Crippen molar-refractivity contribution in [3.05, 3.63) is 18.2 Å². The summed E-state index contributed by atoms with van der Waals surface area (Å²) in [5.41, 5.74) is 0. The normalized spacial score (nSPS) is 26.3. The number of nitrogens with zero attached hydrogens (tertiary/aromatic N) is 2. The molecule has 1 aromatic rings. The largest absolute Gasteiger partial charge is 0.390 e. The maximum absolute atomic E-state index is 10.2. The third-order valence-corrected chi connectivity index (χ3v) is 3.48. The minimum atomic E-state index is -0.439. The lowest BCUT2D eigenvalue weighted by molar-refractivity contribution is -0.0169. The SMILES string of the molecule is CCCn1ccnc1CC(O)C1OCCC1C. The van der Waals surface area contributed by atoms with Crippen LogP contribution >= 0.6 is 0 Å². The number of rotatable bonds is 5. The lowest BCUT2D eigenvalue weighted by Gasteiger charge is -2.21. The fourth-order valence-electron chi connectivity index (χ4n) is 2.49. The van der Waals surface area contributed by atoms with Crippen molar-refractivity contribution in [1.29, 1.82) is 0 Å². The van der Waals surface area contributed by atoms with Crippen molar-refractivity contribution >= 4 is 0 Å². The van der Waals surface area contributed by atoms with E-state index in [2.05, 4.69) is 23.4 Å². The van der Waals surface area contributed by atoms with Gasteiger partial charge in [0.25, 0.3) is 0 Å². The van der Waals surface area contributed by atoms with Gasteiger partial charge >= 0.3 is 0 Å². The van der Waals surface area contributed by atoms with Gasteiger partial charge in [-0.3, -0.25) is 0 Å². The van der Waals surface area contributed by atoms with Gasteiger partial charge in [-0.05, 0) is 18.8 Å². The van der Waals surface area contributed by atoms with Crippen LogP contribution in [0.5, 0.6) is 0 Å². The van der Waals surface area contributed by atoms with E-state index in [9.17, 15) is 5.11 Å². The maximum Gasteiger partial charge on any atom is 0.111 e. The minimum Gasteiger partial charge on any atom is -0.390 e. The Balaban J connectivity index is 1.97. The van der Waals surface area contributed by atoms with Gasteiger partial charge in [0.15, 0.2) is 0 Å². The van der Waals surface area contributed by atoms with Crippen molar-refractivity contribution in [1.82, 2.24) is 9.55 Å². The molecule has 4 nitrogen and oxygen atoms in total. The highest BCUT2D eigenvalue weighted by atomic mass is 16.5. The molecule has 3 atom stereocenters. The zero-order chi connectivity index (χ0) is 12.3. The van der Waals surface area contributed by atoms with Crippen molar-refractivity contribution in [2.75, 3.05) is 6.61 Å². The van der Waals surface area contributed by atoms with E-state index in [1.165, 1.54) is 0 Å². The summed E-state index contributed by atoms with van der Waals surface area (Å²) in [7, 11) is 0. The zero-order valence-corrected chi connectivity index (χ0v) is 10.7. The highest BCUT2D eigenvalue weighted by Crippen LogP contribution is 2.24. The van der Waals surface area contributed by atoms with Gasteiger partial charge in [0.05, 0.1) is 12.2 Å². The molecule has 0 aliphatic carbocycles. The van der Waals surface area contributed by atoms with Gasteiger partial charge in [-0.2, -0.15) is 0 Å². The van der Waals surface area contributed by atoms with Gasteiger partial charge in [-0.15, -0.1) is 0 Å². The summed E-state index contributed by atoms with van der Waals surface area (Å²) in [5.74, 6) is 1.40. The van der Waals surface area contributed by atoms with E-state index in [4.69, 9.17) is 4.74 Å². The predicted octanol–water partition coefficient (Wildman–Crippen LogP) is 1.62. The van der Waals surface area contributed by atoms with Crippen LogP contribution in [0, 0.1) is 5.92 Å². The Morgan fingerprint density at radius 2 is 2.47 bits per heavy atom. The Kier molecular flexibility index (Phi) is 4.18. The topological polar surface area (TPSA) is 47.3 Å². The Morgan fingerprint density at radius 3 is 3.12 bits per heavy atom. The number of aromatic nitrogens is 2. The fraction of sp³-hybridized carbons (Fsp3) is 0.769. The van der Waals surface area contributed by atoms with E-state index in [0.29, 0.717) is 12.3 Å². The van der Waals surface area contributed by atoms with E-state index in [-0.39, 0.29) is 6.10 Å². The molecule has 0 amide bonds. The monoisotopic (exact) mass is 238 g/mol. The van der Waals surface area contributed by atoms with Crippen molar-refractivity contribution < 1.29 is 9.84 Å². The number of hydrogen-bond donors (Lipinski definition) is 1. The van der Waals surface area contributed by atoms with Gasteiger partial charge in [-0.25, -0.2) is 4.98 Å².